The lowest BCUT2D eigenvalue weighted by molar-refractivity contribution is -0.384. The monoisotopic (exact) mass is 328 g/mol. The topological polar surface area (TPSA) is 90.7 Å². The molecule has 0 radical (unpaired) electrons. The van der Waals surface area contributed by atoms with Gasteiger partial charge in [0.05, 0.1) is 19.1 Å². The van der Waals surface area contributed by atoms with Gasteiger partial charge in [-0.25, -0.2) is 0 Å². The molecule has 0 aromatic heterocycles. The Morgan fingerprint density at radius 3 is 2.33 bits per heavy atom. The number of methoxy groups -OCH3 is 2. The zero-order chi connectivity index (χ0) is 17.5. The number of carbonyl (C=O) groups is 1. The van der Waals surface area contributed by atoms with Gasteiger partial charge in [0.15, 0.2) is 11.5 Å². The van der Waals surface area contributed by atoms with E-state index in [1.165, 1.54) is 32.4 Å². The zero-order valence-electron chi connectivity index (χ0n) is 13.2. The van der Waals surface area contributed by atoms with Crippen LogP contribution in [-0.2, 0) is 4.79 Å². The molecule has 7 heteroatoms. The van der Waals surface area contributed by atoms with Crippen LogP contribution in [0.25, 0.3) is 6.08 Å². The molecule has 0 bridgehead atoms. The van der Waals surface area contributed by atoms with Crippen LogP contribution in [0, 0.1) is 10.1 Å². The van der Waals surface area contributed by atoms with Crippen LogP contribution in [0.15, 0.2) is 48.5 Å². The predicted molar refractivity (Wildman–Crippen MR) is 90.3 cm³/mol. The minimum atomic E-state index is -0.475. The van der Waals surface area contributed by atoms with Crippen molar-refractivity contribution < 1.29 is 19.2 Å². The van der Waals surface area contributed by atoms with E-state index in [9.17, 15) is 14.9 Å². The molecule has 7 nitrogen and oxygen atoms in total. The molecule has 124 valence electrons. The van der Waals surface area contributed by atoms with Crippen LogP contribution in [0.3, 0.4) is 0 Å². The van der Waals surface area contributed by atoms with E-state index in [0.717, 1.165) is 0 Å². The highest BCUT2D eigenvalue weighted by atomic mass is 16.6. The van der Waals surface area contributed by atoms with Crippen molar-refractivity contribution in [1.29, 1.82) is 0 Å². The number of ether oxygens (including phenoxy) is 2. The Bertz CT molecular complexity index is 769. The van der Waals surface area contributed by atoms with E-state index >= 15 is 0 Å². The summed E-state index contributed by atoms with van der Waals surface area (Å²) in [5, 5.41) is 13.3. The van der Waals surface area contributed by atoms with Crippen LogP contribution in [-0.4, -0.2) is 25.1 Å². The molecule has 2 aromatic rings. The summed E-state index contributed by atoms with van der Waals surface area (Å²) in [7, 11) is 3.04. The number of nitro benzene ring substituents is 1. The quantitative estimate of drug-likeness (QED) is 0.499. The van der Waals surface area contributed by atoms with Crippen molar-refractivity contribution in [3.8, 4) is 11.5 Å². The van der Waals surface area contributed by atoms with Gasteiger partial charge in [0.25, 0.3) is 5.69 Å². The fraction of sp³-hybridized carbons (Fsp3) is 0.118. The summed E-state index contributed by atoms with van der Waals surface area (Å²) in [6.07, 6.45) is 2.91. The Labute approximate surface area is 138 Å². The number of anilines is 1. The van der Waals surface area contributed by atoms with Crippen LogP contribution in [0.5, 0.6) is 11.5 Å². The molecule has 0 unspecified atom stereocenters. The Kier molecular flexibility index (Phi) is 5.51. The number of nitrogens with one attached hydrogen (secondary N) is 1. The highest BCUT2D eigenvalue weighted by molar-refractivity contribution is 6.02. The summed E-state index contributed by atoms with van der Waals surface area (Å²) >= 11 is 0. The second-order valence-electron chi connectivity index (χ2n) is 4.74. The minimum absolute atomic E-state index is 0.00179. The average molecular weight is 328 g/mol. The lowest BCUT2D eigenvalue weighted by atomic mass is 10.2. The maximum absolute atomic E-state index is 11.9. The minimum Gasteiger partial charge on any atom is -0.493 e. The number of non-ortho nitro benzene ring substituents is 1. The Balaban J connectivity index is 2.03. The number of nitrogens with zero attached hydrogens (tertiary/aromatic N) is 1. The van der Waals surface area contributed by atoms with Crippen LogP contribution in [0.1, 0.15) is 5.56 Å². The molecule has 0 aliphatic heterocycles. The van der Waals surface area contributed by atoms with E-state index in [-0.39, 0.29) is 11.6 Å². The lowest BCUT2D eigenvalue weighted by Crippen LogP contribution is -2.07. The third-order valence-electron chi connectivity index (χ3n) is 3.18. The molecular formula is C17H16N2O5. The molecule has 1 amide bonds. The smallest absolute Gasteiger partial charge is 0.269 e. The number of hydrogen-bond acceptors (Lipinski definition) is 5. The summed E-state index contributed by atoms with van der Waals surface area (Å²) in [6, 6.07) is 10.9. The van der Waals surface area contributed by atoms with Crippen LogP contribution in [0.4, 0.5) is 11.4 Å². The van der Waals surface area contributed by atoms with Crippen LogP contribution >= 0.6 is 0 Å². The summed E-state index contributed by atoms with van der Waals surface area (Å²) in [4.78, 5) is 22.0. The maximum Gasteiger partial charge on any atom is 0.269 e. The zero-order valence-corrected chi connectivity index (χ0v) is 13.2. The molecule has 2 rings (SSSR count). The second kappa shape index (κ2) is 7.77. The second-order valence-corrected chi connectivity index (χ2v) is 4.74. The summed E-state index contributed by atoms with van der Waals surface area (Å²) in [5.74, 6) is 0.743. The first-order valence-corrected chi connectivity index (χ1v) is 6.99. The van der Waals surface area contributed by atoms with Gasteiger partial charge in [-0.3, -0.25) is 14.9 Å². The largest absolute Gasteiger partial charge is 0.493 e. The van der Waals surface area contributed by atoms with E-state index in [2.05, 4.69) is 5.32 Å². The summed E-state index contributed by atoms with van der Waals surface area (Å²) in [5.41, 5.74) is 1.25. The first kappa shape index (κ1) is 17.0. The SMILES string of the molecule is COc1ccc(NC(=O)C=Cc2ccc([N+](=O)[O-])cc2)cc1OC. The van der Waals surface area contributed by atoms with Crippen molar-refractivity contribution in [1.82, 2.24) is 0 Å². The average Bonchev–Trinajstić information content (AvgIpc) is 2.60. The first-order chi connectivity index (χ1) is 11.5. The number of amides is 1. The molecule has 24 heavy (non-hydrogen) atoms. The molecule has 0 aliphatic carbocycles. The highest BCUT2D eigenvalue weighted by Gasteiger charge is 2.06. The van der Waals surface area contributed by atoms with E-state index in [0.29, 0.717) is 22.7 Å². The highest BCUT2D eigenvalue weighted by Crippen LogP contribution is 2.29. The summed E-state index contributed by atoms with van der Waals surface area (Å²) in [6.45, 7) is 0. The van der Waals surface area contributed by atoms with Crippen molar-refractivity contribution >= 4 is 23.4 Å². The van der Waals surface area contributed by atoms with Crippen LogP contribution in [0.2, 0.25) is 0 Å². The third-order valence-corrected chi connectivity index (χ3v) is 3.18. The van der Waals surface area contributed by atoms with Crippen LogP contribution < -0.4 is 14.8 Å². The van der Waals surface area contributed by atoms with Crippen molar-refractivity contribution in [2.24, 2.45) is 0 Å². The van der Waals surface area contributed by atoms with Gasteiger partial charge in [0, 0.05) is 30.0 Å². The van der Waals surface area contributed by atoms with Gasteiger partial charge in [-0.05, 0) is 35.9 Å². The van der Waals surface area contributed by atoms with Gasteiger partial charge in [0.2, 0.25) is 5.91 Å². The first-order valence-electron chi connectivity index (χ1n) is 6.99. The fourth-order valence-electron chi connectivity index (χ4n) is 1.98. The van der Waals surface area contributed by atoms with Gasteiger partial charge in [-0.2, -0.15) is 0 Å². The molecular weight excluding hydrogens is 312 g/mol. The number of rotatable bonds is 6. The normalized spacial score (nSPS) is 10.4. The van der Waals surface area contributed by atoms with Gasteiger partial charge in [0.1, 0.15) is 0 Å². The maximum atomic E-state index is 11.9. The summed E-state index contributed by atoms with van der Waals surface area (Å²) < 4.78 is 10.3. The van der Waals surface area contributed by atoms with E-state index < -0.39 is 4.92 Å². The molecule has 0 fully saturated rings. The molecule has 0 heterocycles. The van der Waals surface area contributed by atoms with Gasteiger partial charge >= 0.3 is 0 Å². The third kappa shape index (κ3) is 4.33. The number of carbonyl (C=O) groups excluding carboxylic acids is 1. The van der Waals surface area contributed by atoms with Crippen molar-refractivity contribution in [2.45, 2.75) is 0 Å². The molecule has 1 N–H and O–H groups in total. The van der Waals surface area contributed by atoms with Gasteiger partial charge in [-0.1, -0.05) is 0 Å². The van der Waals surface area contributed by atoms with Crippen molar-refractivity contribution in [3.05, 3.63) is 64.2 Å². The molecule has 0 atom stereocenters. The van der Waals surface area contributed by atoms with Crippen molar-refractivity contribution in [3.63, 3.8) is 0 Å². The van der Waals surface area contributed by atoms with E-state index in [1.807, 2.05) is 0 Å². The van der Waals surface area contributed by atoms with Crippen molar-refractivity contribution in [2.75, 3.05) is 19.5 Å². The Morgan fingerprint density at radius 2 is 1.75 bits per heavy atom. The molecule has 0 saturated carbocycles. The number of benzene rings is 2. The predicted octanol–water partition coefficient (Wildman–Crippen LogP) is 3.26. The Hall–Kier alpha value is -3.35. The van der Waals surface area contributed by atoms with Gasteiger partial charge in [-0.15, -0.1) is 0 Å². The number of hydrogen-bond donors (Lipinski definition) is 1. The molecule has 0 aliphatic rings. The molecule has 0 saturated heterocycles. The fourth-order valence-corrected chi connectivity index (χ4v) is 1.98. The Morgan fingerprint density at radius 1 is 1.08 bits per heavy atom. The molecule has 2 aromatic carbocycles. The van der Waals surface area contributed by atoms with E-state index in [4.69, 9.17) is 9.47 Å². The van der Waals surface area contributed by atoms with E-state index in [1.54, 1.807) is 36.4 Å². The van der Waals surface area contributed by atoms with Gasteiger partial charge < -0.3 is 14.8 Å². The lowest BCUT2D eigenvalue weighted by Gasteiger charge is -2.09. The number of nitro groups is 1. The standard InChI is InChI=1S/C17H16N2O5/c1-23-15-9-6-13(11-16(15)24-2)18-17(20)10-5-12-3-7-14(8-4-12)19(21)22/h3-11H,1-2H3,(H,18,20). The molecule has 0 spiro atoms.